The number of fused-ring (bicyclic) bond motifs is 1. The second-order valence-electron chi connectivity index (χ2n) is 6.39. The number of halogens is 2. The summed E-state index contributed by atoms with van der Waals surface area (Å²) in [6.45, 7) is 0. The van der Waals surface area contributed by atoms with Gasteiger partial charge in [-0.15, -0.1) is 0 Å². The number of nitriles is 1. The van der Waals surface area contributed by atoms with Crippen molar-refractivity contribution < 1.29 is 9.18 Å². The van der Waals surface area contributed by atoms with Gasteiger partial charge in [0.15, 0.2) is 5.82 Å². The molecule has 2 aromatic heterocycles. The topological polar surface area (TPSA) is 95.6 Å². The van der Waals surface area contributed by atoms with Crippen LogP contribution in [0.3, 0.4) is 0 Å². The number of carbonyl (C=O) groups is 1. The summed E-state index contributed by atoms with van der Waals surface area (Å²) in [5.41, 5.74) is 1.38. The molecule has 0 radical (unpaired) electrons. The van der Waals surface area contributed by atoms with E-state index in [0.717, 1.165) is 18.9 Å². The highest BCUT2D eigenvalue weighted by Crippen LogP contribution is 2.33. The van der Waals surface area contributed by atoms with Gasteiger partial charge >= 0.3 is 0 Å². The number of pyridine rings is 1. The lowest BCUT2D eigenvalue weighted by Crippen LogP contribution is -2.15. The Hall–Kier alpha value is -3.18. The summed E-state index contributed by atoms with van der Waals surface area (Å²) in [5.74, 6) is -0.170. The van der Waals surface area contributed by atoms with Crippen LogP contribution in [-0.4, -0.2) is 20.4 Å². The molecule has 3 aromatic rings. The number of hydrogen-bond donors (Lipinski definition) is 2. The number of hydrogen-bond acceptors (Lipinski definition) is 5. The van der Waals surface area contributed by atoms with Gasteiger partial charge in [-0.25, -0.2) is 14.4 Å². The van der Waals surface area contributed by atoms with Gasteiger partial charge in [0.05, 0.1) is 34.2 Å². The van der Waals surface area contributed by atoms with Gasteiger partial charge in [-0.1, -0.05) is 11.6 Å². The zero-order chi connectivity index (χ0) is 19.1. The molecule has 136 valence electrons. The number of aromatic nitrogens is 3. The highest BCUT2D eigenvalue weighted by atomic mass is 35.5. The average Bonchev–Trinajstić information content (AvgIpc) is 3.42. The highest BCUT2D eigenvalue weighted by Gasteiger charge is 2.30. The Kier molecular flexibility index (Phi) is 4.16. The number of amides is 1. The maximum Gasteiger partial charge on any atom is 0.228 e. The number of carbonyl (C=O) groups excluding carboxylic acids is 1. The number of aryl methyl sites for hydroxylation is 1. The standard InChI is InChI=1S/C18H14ClFN6O/c1-26-8-22-16-13(26)6-14(24-17(16)25-18(27)10-2-3-10)23-15-11(19)4-9(7-21)5-12(15)20/h4-6,8,10H,2-3H2,1H3,(H2,23,24,25,27). The molecule has 4 rings (SSSR count). The zero-order valence-corrected chi connectivity index (χ0v) is 15.0. The van der Waals surface area contributed by atoms with Crippen LogP contribution in [-0.2, 0) is 11.8 Å². The number of imidazole rings is 1. The third-order valence-electron chi connectivity index (χ3n) is 4.33. The van der Waals surface area contributed by atoms with Gasteiger partial charge in [-0.3, -0.25) is 4.79 Å². The molecule has 2 N–H and O–H groups in total. The van der Waals surface area contributed by atoms with Crippen molar-refractivity contribution in [3.8, 4) is 6.07 Å². The van der Waals surface area contributed by atoms with E-state index in [4.69, 9.17) is 16.9 Å². The van der Waals surface area contributed by atoms with Crippen LogP contribution in [0.5, 0.6) is 0 Å². The van der Waals surface area contributed by atoms with Gasteiger partial charge in [0.25, 0.3) is 0 Å². The minimum Gasteiger partial charge on any atom is -0.336 e. The molecule has 1 saturated carbocycles. The molecule has 7 nitrogen and oxygen atoms in total. The Balaban J connectivity index is 1.75. The first-order valence-corrected chi connectivity index (χ1v) is 8.63. The smallest absolute Gasteiger partial charge is 0.228 e. The number of rotatable bonds is 4. The Morgan fingerprint density at radius 1 is 1.41 bits per heavy atom. The molecule has 1 aliphatic carbocycles. The molecule has 1 aromatic carbocycles. The van der Waals surface area contributed by atoms with E-state index in [0.29, 0.717) is 22.7 Å². The minimum absolute atomic E-state index is 0.00385. The molecule has 0 saturated heterocycles. The maximum atomic E-state index is 14.3. The van der Waals surface area contributed by atoms with E-state index in [1.165, 1.54) is 6.07 Å². The quantitative estimate of drug-likeness (QED) is 0.714. The minimum atomic E-state index is -0.672. The van der Waals surface area contributed by atoms with E-state index < -0.39 is 5.82 Å². The third-order valence-corrected chi connectivity index (χ3v) is 4.62. The maximum absolute atomic E-state index is 14.3. The van der Waals surface area contributed by atoms with Crippen LogP contribution in [0.1, 0.15) is 18.4 Å². The molecular weight excluding hydrogens is 371 g/mol. The molecule has 9 heteroatoms. The van der Waals surface area contributed by atoms with Crippen molar-refractivity contribution in [3.63, 3.8) is 0 Å². The summed E-state index contributed by atoms with van der Waals surface area (Å²) < 4.78 is 16.1. The van der Waals surface area contributed by atoms with Gasteiger partial charge in [-0.2, -0.15) is 5.26 Å². The Morgan fingerprint density at radius 3 is 2.85 bits per heavy atom. The molecule has 27 heavy (non-hydrogen) atoms. The lowest BCUT2D eigenvalue weighted by Gasteiger charge is -2.12. The Labute approximate surface area is 158 Å². The van der Waals surface area contributed by atoms with E-state index >= 15 is 0 Å². The van der Waals surface area contributed by atoms with E-state index in [9.17, 15) is 9.18 Å². The van der Waals surface area contributed by atoms with Crippen LogP contribution in [0.25, 0.3) is 11.0 Å². The SMILES string of the molecule is Cn1cnc2c(NC(=O)C3CC3)nc(Nc3c(F)cc(C#N)cc3Cl)cc21. The predicted octanol–water partition coefficient (Wildman–Crippen LogP) is 3.72. The summed E-state index contributed by atoms with van der Waals surface area (Å²) in [4.78, 5) is 20.8. The number of anilines is 3. The first kappa shape index (κ1) is 17.2. The first-order chi connectivity index (χ1) is 13.0. The molecule has 0 spiro atoms. The van der Waals surface area contributed by atoms with Crippen LogP contribution < -0.4 is 10.6 Å². The third kappa shape index (κ3) is 3.29. The van der Waals surface area contributed by atoms with E-state index in [-0.39, 0.29) is 28.1 Å². The number of nitrogens with zero attached hydrogens (tertiary/aromatic N) is 4. The monoisotopic (exact) mass is 384 g/mol. The normalized spacial score (nSPS) is 13.4. The largest absolute Gasteiger partial charge is 0.336 e. The van der Waals surface area contributed by atoms with Crippen LogP contribution in [0.2, 0.25) is 5.02 Å². The molecule has 0 unspecified atom stereocenters. The van der Waals surface area contributed by atoms with Crippen LogP contribution in [0.4, 0.5) is 21.7 Å². The fraction of sp³-hybridized carbons (Fsp3) is 0.222. The highest BCUT2D eigenvalue weighted by molar-refractivity contribution is 6.33. The van der Waals surface area contributed by atoms with Crippen molar-refractivity contribution in [1.29, 1.82) is 5.26 Å². The summed E-state index contributed by atoms with van der Waals surface area (Å²) in [7, 11) is 1.81. The number of benzene rings is 1. The van der Waals surface area contributed by atoms with Crippen molar-refractivity contribution in [2.45, 2.75) is 12.8 Å². The van der Waals surface area contributed by atoms with Crippen LogP contribution in [0, 0.1) is 23.1 Å². The van der Waals surface area contributed by atoms with Crippen molar-refractivity contribution in [2.75, 3.05) is 10.6 Å². The summed E-state index contributed by atoms with van der Waals surface area (Å²) in [6, 6.07) is 5.99. The van der Waals surface area contributed by atoms with E-state index in [2.05, 4.69) is 20.6 Å². The second-order valence-corrected chi connectivity index (χ2v) is 6.80. The van der Waals surface area contributed by atoms with Gasteiger partial charge in [-0.05, 0) is 25.0 Å². The first-order valence-electron chi connectivity index (χ1n) is 8.25. The van der Waals surface area contributed by atoms with Crippen LogP contribution in [0.15, 0.2) is 24.5 Å². The molecule has 0 bridgehead atoms. The lowest BCUT2D eigenvalue weighted by atomic mass is 10.2. The zero-order valence-electron chi connectivity index (χ0n) is 14.3. The van der Waals surface area contributed by atoms with Crippen molar-refractivity contribution in [2.24, 2.45) is 13.0 Å². The van der Waals surface area contributed by atoms with Crippen molar-refractivity contribution >= 4 is 45.9 Å². The molecule has 0 atom stereocenters. The molecule has 1 amide bonds. The Morgan fingerprint density at radius 2 is 2.19 bits per heavy atom. The van der Waals surface area contributed by atoms with Gasteiger partial charge in [0.2, 0.25) is 5.91 Å². The average molecular weight is 385 g/mol. The molecule has 1 aliphatic rings. The van der Waals surface area contributed by atoms with Crippen LogP contribution >= 0.6 is 11.6 Å². The van der Waals surface area contributed by atoms with E-state index in [1.807, 2.05) is 6.07 Å². The van der Waals surface area contributed by atoms with Gasteiger partial charge in [0, 0.05) is 19.0 Å². The lowest BCUT2D eigenvalue weighted by molar-refractivity contribution is -0.117. The Bertz CT molecular complexity index is 1090. The molecule has 1 fully saturated rings. The summed E-state index contributed by atoms with van der Waals surface area (Å²) >= 11 is 6.10. The van der Waals surface area contributed by atoms with Crippen molar-refractivity contribution in [3.05, 3.63) is 40.9 Å². The van der Waals surface area contributed by atoms with E-state index in [1.54, 1.807) is 24.0 Å². The molecule has 2 heterocycles. The van der Waals surface area contributed by atoms with Gasteiger partial charge in [0.1, 0.15) is 17.2 Å². The summed E-state index contributed by atoms with van der Waals surface area (Å²) in [5, 5.41) is 14.6. The number of nitrogens with one attached hydrogen (secondary N) is 2. The van der Waals surface area contributed by atoms with Crippen molar-refractivity contribution in [1.82, 2.24) is 14.5 Å². The predicted molar refractivity (Wildman–Crippen MR) is 99.3 cm³/mol. The molecule has 0 aliphatic heterocycles. The second kappa shape index (κ2) is 6.52. The fourth-order valence-electron chi connectivity index (χ4n) is 2.73. The summed E-state index contributed by atoms with van der Waals surface area (Å²) in [6.07, 6.45) is 3.33. The fourth-order valence-corrected chi connectivity index (χ4v) is 2.98. The van der Waals surface area contributed by atoms with Gasteiger partial charge < -0.3 is 15.2 Å². The molecular formula is C18H14ClFN6O.